The van der Waals surface area contributed by atoms with Crippen LogP contribution in [0.5, 0.6) is 0 Å². The first-order valence-electron chi connectivity index (χ1n) is 6.98. The molecule has 100 valence electrons. The van der Waals surface area contributed by atoms with Gasteiger partial charge in [0.05, 0.1) is 0 Å². The molecule has 0 amide bonds. The lowest BCUT2D eigenvalue weighted by molar-refractivity contribution is 0.0699. The fourth-order valence-electron chi connectivity index (χ4n) is 2.50. The molecule has 1 aliphatic rings. The van der Waals surface area contributed by atoms with E-state index in [1.807, 2.05) is 0 Å². The van der Waals surface area contributed by atoms with Crippen LogP contribution in [-0.2, 0) is 10.2 Å². The molecule has 2 rings (SSSR count). The Morgan fingerprint density at radius 3 is 2.50 bits per heavy atom. The van der Waals surface area contributed by atoms with Crippen LogP contribution in [-0.4, -0.2) is 19.8 Å². The van der Waals surface area contributed by atoms with Gasteiger partial charge in [-0.1, -0.05) is 39.0 Å². The summed E-state index contributed by atoms with van der Waals surface area (Å²) < 4.78 is 5.40. The van der Waals surface area contributed by atoms with Crippen LogP contribution in [0.25, 0.3) is 0 Å². The van der Waals surface area contributed by atoms with Crippen molar-refractivity contribution >= 4 is 5.69 Å². The molecule has 2 nitrogen and oxygen atoms in total. The van der Waals surface area contributed by atoms with E-state index in [0.717, 1.165) is 25.7 Å². The zero-order valence-corrected chi connectivity index (χ0v) is 11.8. The van der Waals surface area contributed by atoms with Gasteiger partial charge in [0.1, 0.15) is 0 Å². The van der Waals surface area contributed by atoms with Crippen LogP contribution in [0.3, 0.4) is 0 Å². The molecule has 0 atom stereocenters. The first kappa shape index (κ1) is 13.4. The standard InChI is InChI=1S/C16H25NO/c1-16(2,3)14-6-4-5-7-15(14)17-12-13-8-10-18-11-9-13/h4-7,13,17H,8-12H2,1-3H3. The molecular weight excluding hydrogens is 222 g/mol. The van der Waals surface area contributed by atoms with E-state index in [1.54, 1.807) is 0 Å². The van der Waals surface area contributed by atoms with Crippen molar-refractivity contribution in [3.05, 3.63) is 29.8 Å². The quantitative estimate of drug-likeness (QED) is 0.876. The second-order valence-corrected chi connectivity index (χ2v) is 6.23. The van der Waals surface area contributed by atoms with Crippen molar-refractivity contribution in [2.75, 3.05) is 25.1 Å². The minimum atomic E-state index is 0.194. The normalized spacial score (nSPS) is 17.7. The highest BCUT2D eigenvalue weighted by Crippen LogP contribution is 2.29. The first-order chi connectivity index (χ1) is 8.57. The average molecular weight is 247 g/mol. The number of anilines is 1. The summed E-state index contributed by atoms with van der Waals surface area (Å²) in [4.78, 5) is 0. The first-order valence-corrected chi connectivity index (χ1v) is 6.98. The monoisotopic (exact) mass is 247 g/mol. The SMILES string of the molecule is CC(C)(C)c1ccccc1NCC1CCOCC1. The lowest BCUT2D eigenvalue weighted by Crippen LogP contribution is -2.24. The van der Waals surface area contributed by atoms with Crippen LogP contribution in [0, 0.1) is 5.92 Å². The van der Waals surface area contributed by atoms with Gasteiger partial charge in [-0.15, -0.1) is 0 Å². The number of hydrogen-bond donors (Lipinski definition) is 1. The maximum absolute atomic E-state index is 5.40. The van der Waals surface area contributed by atoms with Gasteiger partial charge in [-0.05, 0) is 35.8 Å². The van der Waals surface area contributed by atoms with E-state index in [0.29, 0.717) is 0 Å². The summed E-state index contributed by atoms with van der Waals surface area (Å²) in [6, 6.07) is 8.66. The van der Waals surface area contributed by atoms with E-state index >= 15 is 0 Å². The molecule has 1 fully saturated rings. The summed E-state index contributed by atoms with van der Waals surface area (Å²) in [6.45, 7) is 9.71. The van der Waals surface area contributed by atoms with Crippen molar-refractivity contribution in [3.63, 3.8) is 0 Å². The highest BCUT2D eigenvalue weighted by atomic mass is 16.5. The van der Waals surface area contributed by atoms with E-state index in [1.165, 1.54) is 24.1 Å². The highest BCUT2D eigenvalue weighted by molar-refractivity contribution is 5.54. The molecule has 0 spiro atoms. The number of para-hydroxylation sites is 1. The maximum Gasteiger partial charge on any atom is 0.0469 e. The van der Waals surface area contributed by atoms with E-state index in [-0.39, 0.29) is 5.41 Å². The van der Waals surface area contributed by atoms with Crippen molar-refractivity contribution in [2.24, 2.45) is 5.92 Å². The molecule has 0 radical (unpaired) electrons. The third-order valence-electron chi connectivity index (χ3n) is 3.66. The maximum atomic E-state index is 5.40. The Kier molecular flexibility index (Phi) is 4.28. The summed E-state index contributed by atoms with van der Waals surface area (Å²) in [5.41, 5.74) is 2.88. The van der Waals surface area contributed by atoms with E-state index in [9.17, 15) is 0 Å². The minimum Gasteiger partial charge on any atom is -0.385 e. The zero-order valence-electron chi connectivity index (χ0n) is 11.8. The van der Waals surface area contributed by atoms with Crippen molar-refractivity contribution in [2.45, 2.75) is 39.0 Å². The molecule has 1 heterocycles. The van der Waals surface area contributed by atoms with Crippen molar-refractivity contribution < 1.29 is 4.74 Å². The largest absolute Gasteiger partial charge is 0.385 e. The van der Waals surface area contributed by atoms with Gasteiger partial charge in [0.2, 0.25) is 0 Å². The summed E-state index contributed by atoms with van der Waals surface area (Å²) in [7, 11) is 0. The number of hydrogen-bond acceptors (Lipinski definition) is 2. The molecule has 0 saturated carbocycles. The Bertz CT molecular complexity index is 375. The fraction of sp³-hybridized carbons (Fsp3) is 0.625. The van der Waals surface area contributed by atoms with Gasteiger partial charge in [0, 0.05) is 25.4 Å². The molecule has 2 heteroatoms. The topological polar surface area (TPSA) is 21.3 Å². The summed E-state index contributed by atoms with van der Waals surface area (Å²) in [5.74, 6) is 0.756. The molecule has 0 unspecified atom stereocenters. The van der Waals surface area contributed by atoms with Gasteiger partial charge < -0.3 is 10.1 Å². The van der Waals surface area contributed by atoms with Crippen LogP contribution < -0.4 is 5.32 Å². The molecule has 1 saturated heterocycles. The zero-order chi connectivity index (χ0) is 13.0. The van der Waals surface area contributed by atoms with Crippen LogP contribution in [0.2, 0.25) is 0 Å². The fourth-order valence-corrected chi connectivity index (χ4v) is 2.50. The molecular formula is C16H25NO. The Morgan fingerprint density at radius 2 is 1.83 bits per heavy atom. The van der Waals surface area contributed by atoms with E-state index < -0.39 is 0 Å². The van der Waals surface area contributed by atoms with Gasteiger partial charge in [0.25, 0.3) is 0 Å². The molecule has 1 aromatic carbocycles. The third-order valence-corrected chi connectivity index (χ3v) is 3.66. The van der Waals surface area contributed by atoms with Gasteiger partial charge in [-0.2, -0.15) is 0 Å². The number of benzene rings is 1. The summed E-state index contributed by atoms with van der Waals surface area (Å²) in [6.07, 6.45) is 2.37. The van der Waals surface area contributed by atoms with Gasteiger partial charge in [0.15, 0.2) is 0 Å². The number of ether oxygens (including phenoxy) is 1. The highest BCUT2D eigenvalue weighted by Gasteiger charge is 2.18. The van der Waals surface area contributed by atoms with Gasteiger partial charge >= 0.3 is 0 Å². The van der Waals surface area contributed by atoms with Gasteiger partial charge in [-0.25, -0.2) is 0 Å². The Balaban J connectivity index is 2.00. The lowest BCUT2D eigenvalue weighted by atomic mass is 9.85. The Labute approximate surface area is 111 Å². The predicted octanol–water partition coefficient (Wildman–Crippen LogP) is 3.82. The van der Waals surface area contributed by atoms with E-state index in [2.05, 4.69) is 50.4 Å². The predicted molar refractivity (Wildman–Crippen MR) is 77.2 cm³/mol. The number of rotatable bonds is 3. The van der Waals surface area contributed by atoms with Crippen molar-refractivity contribution in [3.8, 4) is 0 Å². The Morgan fingerprint density at radius 1 is 1.17 bits per heavy atom. The van der Waals surface area contributed by atoms with Crippen LogP contribution in [0.1, 0.15) is 39.2 Å². The molecule has 0 aliphatic carbocycles. The van der Waals surface area contributed by atoms with Crippen LogP contribution in [0.15, 0.2) is 24.3 Å². The average Bonchev–Trinajstić information content (AvgIpc) is 2.37. The lowest BCUT2D eigenvalue weighted by Gasteiger charge is -2.26. The summed E-state index contributed by atoms with van der Waals surface area (Å²) in [5, 5.41) is 3.63. The van der Waals surface area contributed by atoms with Crippen LogP contribution >= 0.6 is 0 Å². The van der Waals surface area contributed by atoms with Gasteiger partial charge in [-0.3, -0.25) is 0 Å². The molecule has 0 aromatic heterocycles. The molecule has 18 heavy (non-hydrogen) atoms. The third kappa shape index (κ3) is 3.49. The molecule has 0 bridgehead atoms. The number of nitrogens with one attached hydrogen (secondary N) is 1. The van der Waals surface area contributed by atoms with Crippen molar-refractivity contribution in [1.29, 1.82) is 0 Å². The minimum absolute atomic E-state index is 0.194. The smallest absolute Gasteiger partial charge is 0.0469 e. The van der Waals surface area contributed by atoms with Crippen LogP contribution in [0.4, 0.5) is 5.69 Å². The van der Waals surface area contributed by atoms with E-state index in [4.69, 9.17) is 4.74 Å². The molecule has 1 N–H and O–H groups in total. The second-order valence-electron chi connectivity index (χ2n) is 6.23. The molecule has 1 aromatic rings. The van der Waals surface area contributed by atoms with Crippen molar-refractivity contribution in [1.82, 2.24) is 0 Å². The summed E-state index contributed by atoms with van der Waals surface area (Å²) >= 11 is 0. The Hall–Kier alpha value is -1.02. The second kappa shape index (κ2) is 5.75. The molecule has 1 aliphatic heterocycles.